The summed E-state index contributed by atoms with van der Waals surface area (Å²) in [6.45, 7) is 3.25. The number of rotatable bonds is 7. The molecule has 0 spiro atoms. The molecule has 2 N–H and O–H groups in total. The second-order valence-electron chi connectivity index (χ2n) is 9.63. The number of phenols is 1. The zero-order chi connectivity index (χ0) is 23.5. The first kappa shape index (κ1) is 23.3. The maximum absolute atomic E-state index is 13.7. The zero-order valence-electron chi connectivity index (χ0n) is 19.5. The molecule has 3 aromatic rings. The molecule has 180 valence electrons. The summed E-state index contributed by atoms with van der Waals surface area (Å²) in [5.41, 5.74) is 1.48. The first-order chi connectivity index (χ1) is 16.6. The molecular formula is C28H33NO4S. The largest absolute Gasteiger partial charge is 0.508 e. The van der Waals surface area contributed by atoms with Gasteiger partial charge in [0.25, 0.3) is 0 Å². The number of carbonyl (C=O) groups is 1. The SMILES string of the molecule is O=C(c1ccc(OCCN2CCC(O)CC2)cc1)c1c(C2CCCCC2)sc2cc(O)ccc12. The molecule has 1 saturated carbocycles. The van der Waals surface area contributed by atoms with E-state index >= 15 is 0 Å². The van der Waals surface area contributed by atoms with Gasteiger partial charge in [-0.25, -0.2) is 0 Å². The lowest BCUT2D eigenvalue weighted by Gasteiger charge is -2.29. The number of phenolic OH excluding ortho intramolecular Hbond substituents is 1. The lowest BCUT2D eigenvalue weighted by atomic mass is 9.85. The number of thiophene rings is 1. The molecule has 2 fully saturated rings. The maximum atomic E-state index is 13.7. The number of aliphatic hydroxyl groups excluding tert-OH is 1. The summed E-state index contributed by atoms with van der Waals surface area (Å²) in [6, 6.07) is 12.8. The van der Waals surface area contributed by atoms with Gasteiger partial charge in [-0.3, -0.25) is 9.69 Å². The fourth-order valence-corrected chi connectivity index (χ4v) is 6.68. The summed E-state index contributed by atoms with van der Waals surface area (Å²) in [6.07, 6.45) is 7.44. The van der Waals surface area contributed by atoms with Crippen molar-refractivity contribution in [1.82, 2.24) is 4.90 Å². The highest BCUT2D eigenvalue weighted by Crippen LogP contribution is 2.44. The fraction of sp³-hybridized carbons (Fsp3) is 0.464. The minimum absolute atomic E-state index is 0.0518. The van der Waals surface area contributed by atoms with Gasteiger partial charge >= 0.3 is 0 Å². The highest BCUT2D eigenvalue weighted by molar-refractivity contribution is 7.19. The number of nitrogens with zero attached hydrogens (tertiary/aromatic N) is 1. The van der Waals surface area contributed by atoms with E-state index in [1.807, 2.05) is 30.3 Å². The quantitative estimate of drug-likeness (QED) is 0.424. The topological polar surface area (TPSA) is 70.0 Å². The van der Waals surface area contributed by atoms with Crippen molar-refractivity contribution in [2.75, 3.05) is 26.2 Å². The van der Waals surface area contributed by atoms with Crippen molar-refractivity contribution in [3.63, 3.8) is 0 Å². The summed E-state index contributed by atoms with van der Waals surface area (Å²) < 4.78 is 6.90. The van der Waals surface area contributed by atoms with Gasteiger partial charge in [0, 0.05) is 45.7 Å². The van der Waals surface area contributed by atoms with Crippen LogP contribution in [0.3, 0.4) is 0 Å². The van der Waals surface area contributed by atoms with E-state index < -0.39 is 0 Å². The van der Waals surface area contributed by atoms with Crippen molar-refractivity contribution in [1.29, 1.82) is 0 Å². The number of hydrogen-bond donors (Lipinski definition) is 2. The fourth-order valence-electron chi connectivity index (χ4n) is 5.27. The molecule has 5 nitrogen and oxygen atoms in total. The minimum Gasteiger partial charge on any atom is -0.508 e. The molecule has 6 heteroatoms. The monoisotopic (exact) mass is 479 g/mol. The molecule has 2 heterocycles. The first-order valence-electron chi connectivity index (χ1n) is 12.5. The number of aliphatic hydroxyl groups is 1. The molecule has 34 heavy (non-hydrogen) atoms. The highest BCUT2D eigenvalue weighted by atomic mass is 32.1. The Balaban J connectivity index is 1.31. The van der Waals surface area contributed by atoms with Gasteiger partial charge in [0.1, 0.15) is 18.1 Å². The lowest BCUT2D eigenvalue weighted by Crippen LogP contribution is -2.38. The van der Waals surface area contributed by atoms with Gasteiger partial charge in [-0.15, -0.1) is 11.3 Å². The van der Waals surface area contributed by atoms with E-state index in [0.29, 0.717) is 18.1 Å². The van der Waals surface area contributed by atoms with Gasteiger partial charge in [-0.05, 0) is 74.1 Å². The van der Waals surface area contributed by atoms with Crippen molar-refractivity contribution in [3.8, 4) is 11.5 Å². The van der Waals surface area contributed by atoms with Gasteiger partial charge in [-0.1, -0.05) is 19.3 Å². The van der Waals surface area contributed by atoms with Crippen molar-refractivity contribution in [3.05, 3.63) is 58.5 Å². The Bertz CT molecular complexity index is 1130. The van der Waals surface area contributed by atoms with Gasteiger partial charge in [-0.2, -0.15) is 0 Å². The van der Waals surface area contributed by atoms with E-state index in [4.69, 9.17) is 4.74 Å². The smallest absolute Gasteiger partial charge is 0.194 e. The van der Waals surface area contributed by atoms with E-state index in [-0.39, 0.29) is 17.6 Å². The van der Waals surface area contributed by atoms with Crippen molar-refractivity contribution in [2.45, 2.75) is 57.0 Å². The summed E-state index contributed by atoms with van der Waals surface area (Å²) in [5, 5.41) is 20.6. The third-order valence-corrected chi connectivity index (χ3v) is 8.57. The summed E-state index contributed by atoms with van der Waals surface area (Å²) in [4.78, 5) is 17.2. The van der Waals surface area contributed by atoms with Crippen molar-refractivity contribution < 1.29 is 19.7 Å². The number of ketones is 1. The maximum Gasteiger partial charge on any atom is 0.194 e. The Morgan fingerprint density at radius 3 is 2.47 bits per heavy atom. The van der Waals surface area contributed by atoms with Crippen LogP contribution in [0.2, 0.25) is 0 Å². The molecule has 2 aliphatic rings. The molecule has 1 aliphatic carbocycles. The molecule has 5 rings (SSSR count). The van der Waals surface area contributed by atoms with Crippen molar-refractivity contribution in [2.24, 2.45) is 0 Å². The van der Waals surface area contributed by atoms with Gasteiger partial charge in [0.05, 0.1) is 6.10 Å². The molecule has 0 bridgehead atoms. The van der Waals surface area contributed by atoms with Crippen LogP contribution in [-0.2, 0) is 0 Å². The van der Waals surface area contributed by atoms with Crippen LogP contribution in [0.15, 0.2) is 42.5 Å². The van der Waals surface area contributed by atoms with Crippen LogP contribution in [0, 0.1) is 0 Å². The third-order valence-electron chi connectivity index (χ3n) is 7.25. The molecule has 2 aromatic carbocycles. The highest BCUT2D eigenvalue weighted by Gasteiger charge is 2.27. The Morgan fingerprint density at radius 2 is 1.74 bits per heavy atom. The molecule has 1 aromatic heterocycles. The number of likely N-dealkylation sites (tertiary alicyclic amines) is 1. The van der Waals surface area contributed by atoms with E-state index in [0.717, 1.165) is 66.7 Å². The van der Waals surface area contributed by atoms with Crippen LogP contribution in [0.1, 0.15) is 71.7 Å². The van der Waals surface area contributed by atoms with E-state index in [2.05, 4.69) is 4.90 Å². The number of aromatic hydroxyl groups is 1. The summed E-state index contributed by atoms with van der Waals surface area (Å²) in [7, 11) is 0. The number of hydrogen-bond acceptors (Lipinski definition) is 6. The number of fused-ring (bicyclic) bond motifs is 1. The normalized spacial score (nSPS) is 18.4. The van der Waals surface area contributed by atoms with Gasteiger partial charge in [0.2, 0.25) is 0 Å². The molecule has 1 aliphatic heterocycles. The third kappa shape index (κ3) is 5.14. The predicted octanol–water partition coefficient (Wildman–Crippen LogP) is 5.72. The minimum atomic E-state index is -0.160. The molecular weight excluding hydrogens is 446 g/mol. The summed E-state index contributed by atoms with van der Waals surface area (Å²) in [5.74, 6) is 1.48. The van der Waals surface area contributed by atoms with Crippen LogP contribution < -0.4 is 4.74 Å². The van der Waals surface area contributed by atoms with Crippen LogP contribution in [0.5, 0.6) is 11.5 Å². The second kappa shape index (κ2) is 10.5. The average molecular weight is 480 g/mol. The number of benzene rings is 2. The Kier molecular flexibility index (Phi) is 7.18. The Morgan fingerprint density at radius 1 is 1.00 bits per heavy atom. The van der Waals surface area contributed by atoms with Crippen LogP contribution in [0.4, 0.5) is 0 Å². The first-order valence-corrected chi connectivity index (χ1v) is 13.3. The number of piperidine rings is 1. The number of ether oxygens (including phenoxy) is 1. The zero-order valence-corrected chi connectivity index (χ0v) is 20.4. The molecule has 0 unspecified atom stereocenters. The van der Waals surface area contributed by atoms with E-state index in [1.165, 1.54) is 24.1 Å². The van der Waals surface area contributed by atoms with Crippen molar-refractivity contribution >= 4 is 27.2 Å². The standard InChI is InChI=1S/C28H33NO4S/c30-21-12-14-29(15-13-21)16-17-33-23-9-6-19(7-10-23)27(32)26-24-11-8-22(31)18-25(24)34-28(26)20-4-2-1-3-5-20/h6-11,18,20-21,30-31H,1-5,12-17H2. The predicted molar refractivity (Wildman–Crippen MR) is 136 cm³/mol. The van der Waals surface area contributed by atoms with E-state index in [1.54, 1.807) is 23.5 Å². The van der Waals surface area contributed by atoms with E-state index in [9.17, 15) is 15.0 Å². The Hall–Kier alpha value is -2.41. The lowest BCUT2D eigenvalue weighted by molar-refractivity contribution is 0.0755. The second-order valence-corrected chi connectivity index (χ2v) is 10.7. The van der Waals surface area contributed by atoms with Crippen LogP contribution in [0.25, 0.3) is 10.1 Å². The van der Waals surface area contributed by atoms with Crippen LogP contribution in [-0.4, -0.2) is 53.2 Å². The van der Waals surface area contributed by atoms with Crippen LogP contribution >= 0.6 is 11.3 Å². The Labute approximate surface area is 205 Å². The average Bonchev–Trinajstić information content (AvgIpc) is 3.24. The molecule has 0 radical (unpaired) electrons. The molecule has 0 atom stereocenters. The summed E-state index contributed by atoms with van der Waals surface area (Å²) >= 11 is 1.67. The number of carbonyl (C=O) groups excluding carboxylic acids is 1. The molecule has 0 amide bonds. The van der Waals surface area contributed by atoms with Gasteiger partial charge < -0.3 is 14.9 Å². The van der Waals surface area contributed by atoms with Gasteiger partial charge in [0.15, 0.2) is 5.78 Å². The molecule has 1 saturated heterocycles.